The summed E-state index contributed by atoms with van der Waals surface area (Å²) in [6.07, 6.45) is -2.03. The summed E-state index contributed by atoms with van der Waals surface area (Å²) in [5.74, 6) is -1.29. The summed E-state index contributed by atoms with van der Waals surface area (Å²) in [7, 11) is 0. The first-order valence-corrected chi connectivity index (χ1v) is 6.59. The molecule has 5 atom stereocenters. The van der Waals surface area contributed by atoms with Gasteiger partial charge in [-0.05, 0) is 0 Å². The lowest BCUT2D eigenvalue weighted by atomic mass is 9.97. The van der Waals surface area contributed by atoms with Gasteiger partial charge in [0.2, 0.25) is 0 Å². The average Bonchev–Trinajstić information content (AvgIpc) is 2.27. The summed E-state index contributed by atoms with van der Waals surface area (Å²) in [6.45, 7) is 4.22. The number of aliphatic hydroxyl groups is 2. The molecule has 0 aromatic carbocycles. The number of aliphatic hydroxyl groups excluding tert-OH is 2. The topological polar surface area (TPSA) is 93.1 Å². The minimum absolute atomic E-state index is 0.0251. The third-order valence-electron chi connectivity index (χ3n) is 2.74. The molecule has 0 aromatic rings. The lowest BCUT2D eigenvalue weighted by Crippen LogP contribution is -2.51. The van der Waals surface area contributed by atoms with Crippen LogP contribution in [0.4, 0.5) is 0 Å². The van der Waals surface area contributed by atoms with Crippen LogP contribution in [0.3, 0.4) is 0 Å². The van der Waals surface area contributed by atoms with Crippen LogP contribution >= 0.6 is 11.8 Å². The monoisotopic (exact) mass is 278 g/mol. The van der Waals surface area contributed by atoms with Gasteiger partial charge < -0.3 is 19.7 Å². The average molecular weight is 278 g/mol. The van der Waals surface area contributed by atoms with Gasteiger partial charge in [-0.3, -0.25) is 9.59 Å². The highest BCUT2D eigenvalue weighted by Gasteiger charge is 2.43. The van der Waals surface area contributed by atoms with E-state index >= 15 is 0 Å². The quantitative estimate of drug-likeness (QED) is 0.697. The molecule has 7 heteroatoms. The van der Waals surface area contributed by atoms with Gasteiger partial charge in [-0.2, -0.15) is 0 Å². The number of carbonyl (C=O) groups is 2. The number of carbonyl (C=O) groups excluding carboxylic acids is 2. The molecule has 0 radical (unpaired) electrons. The van der Waals surface area contributed by atoms with Gasteiger partial charge in [0.25, 0.3) is 0 Å². The highest BCUT2D eigenvalue weighted by atomic mass is 32.2. The second-order valence-corrected chi connectivity index (χ2v) is 5.64. The highest BCUT2D eigenvalue weighted by Crippen LogP contribution is 2.37. The lowest BCUT2D eigenvalue weighted by molar-refractivity contribution is -0.149. The number of hydrogen-bond donors (Lipinski definition) is 2. The molecule has 0 aliphatic carbocycles. The van der Waals surface area contributed by atoms with Crippen molar-refractivity contribution in [3.8, 4) is 0 Å². The van der Waals surface area contributed by atoms with E-state index in [0.717, 1.165) is 0 Å². The summed E-state index contributed by atoms with van der Waals surface area (Å²) < 4.78 is 9.89. The third kappa shape index (κ3) is 3.86. The van der Waals surface area contributed by atoms with Crippen molar-refractivity contribution in [3.05, 3.63) is 0 Å². The molecular formula is C11H18O6S. The number of esters is 2. The fourth-order valence-electron chi connectivity index (χ4n) is 1.70. The molecule has 1 aliphatic rings. The van der Waals surface area contributed by atoms with Gasteiger partial charge in [-0.1, -0.05) is 6.92 Å². The van der Waals surface area contributed by atoms with E-state index < -0.39 is 34.8 Å². The zero-order valence-electron chi connectivity index (χ0n) is 10.5. The van der Waals surface area contributed by atoms with Crippen LogP contribution in [0.5, 0.6) is 0 Å². The molecular weight excluding hydrogens is 260 g/mol. The van der Waals surface area contributed by atoms with E-state index in [4.69, 9.17) is 9.47 Å². The summed E-state index contributed by atoms with van der Waals surface area (Å²) in [5.41, 5.74) is -0.554. The highest BCUT2D eigenvalue weighted by molar-refractivity contribution is 8.00. The van der Waals surface area contributed by atoms with E-state index in [-0.39, 0.29) is 12.5 Å². The Morgan fingerprint density at radius 1 is 1.17 bits per heavy atom. The Labute approximate surface area is 110 Å². The van der Waals surface area contributed by atoms with E-state index in [1.165, 1.54) is 25.6 Å². The maximum atomic E-state index is 11.0. The number of rotatable bonds is 3. The first-order valence-electron chi connectivity index (χ1n) is 5.65. The molecule has 0 aromatic heterocycles. The largest absolute Gasteiger partial charge is 0.465 e. The summed E-state index contributed by atoms with van der Waals surface area (Å²) in [4.78, 5) is 21.7. The molecule has 0 saturated carbocycles. The Balaban J connectivity index is 2.67. The van der Waals surface area contributed by atoms with Crippen molar-refractivity contribution in [2.24, 2.45) is 5.92 Å². The van der Waals surface area contributed by atoms with Crippen LogP contribution in [0.15, 0.2) is 0 Å². The van der Waals surface area contributed by atoms with E-state index in [2.05, 4.69) is 0 Å². The molecule has 6 nitrogen and oxygen atoms in total. The summed E-state index contributed by atoms with van der Waals surface area (Å²) in [6, 6.07) is 0. The van der Waals surface area contributed by atoms with Crippen molar-refractivity contribution in [3.63, 3.8) is 0 Å². The van der Waals surface area contributed by atoms with Crippen LogP contribution < -0.4 is 0 Å². The van der Waals surface area contributed by atoms with Crippen molar-refractivity contribution >= 4 is 23.7 Å². The van der Waals surface area contributed by atoms with Crippen molar-refractivity contribution < 1.29 is 29.3 Å². The lowest BCUT2D eigenvalue weighted by Gasteiger charge is -2.39. The van der Waals surface area contributed by atoms with Gasteiger partial charge in [0.1, 0.15) is 6.61 Å². The zero-order chi connectivity index (χ0) is 13.9. The summed E-state index contributed by atoms with van der Waals surface area (Å²) >= 11 is 1.19. The van der Waals surface area contributed by atoms with Crippen molar-refractivity contribution in [2.45, 2.75) is 43.7 Å². The van der Waals surface area contributed by atoms with Crippen LogP contribution in [0.25, 0.3) is 0 Å². The van der Waals surface area contributed by atoms with Crippen LogP contribution in [-0.2, 0) is 19.1 Å². The second kappa shape index (κ2) is 6.40. The molecule has 1 heterocycles. The molecule has 0 amide bonds. The fourth-order valence-corrected chi connectivity index (χ4v) is 3.12. The SMILES string of the molecule is CC(=O)OCC1S[C@H](OC(C)=O)C(C)[C@@H](O)[C@@H]1O. The van der Waals surface area contributed by atoms with Gasteiger partial charge in [0.05, 0.1) is 17.5 Å². The van der Waals surface area contributed by atoms with Crippen molar-refractivity contribution in [2.75, 3.05) is 6.61 Å². The van der Waals surface area contributed by atoms with Gasteiger partial charge in [0, 0.05) is 19.8 Å². The Kier molecular flexibility index (Phi) is 5.43. The molecule has 1 rings (SSSR count). The zero-order valence-corrected chi connectivity index (χ0v) is 11.3. The molecule has 104 valence electrons. The predicted octanol–water partition coefficient (Wildman–Crippen LogP) is -0.0880. The number of hydrogen-bond acceptors (Lipinski definition) is 7. The Morgan fingerprint density at radius 3 is 2.28 bits per heavy atom. The Bertz CT molecular complexity index is 319. The Hall–Kier alpha value is -0.790. The molecule has 0 bridgehead atoms. The van der Waals surface area contributed by atoms with Crippen LogP contribution in [0.2, 0.25) is 0 Å². The van der Waals surface area contributed by atoms with Gasteiger partial charge in [-0.15, -0.1) is 11.8 Å². The number of thioether (sulfide) groups is 1. The van der Waals surface area contributed by atoms with E-state index in [1.807, 2.05) is 0 Å². The van der Waals surface area contributed by atoms with Crippen molar-refractivity contribution in [1.82, 2.24) is 0 Å². The summed E-state index contributed by atoms with van der Waals surface area (Å²) in [5, 5.41) is 19.2. The molecule has 2 N–H and O–H groups in total. The Morgan fingerprint density at radius 2 is 1.78 bits per heavy atom. The smallest absolute Gasteiger partial charge is 0.303 e. The minimum atomic E-state index is -1.02. The normalized spacial score (nSPS) is 35.9. The van der Waals surface area contributed by atoms with Gasteiger partial charge in [0.15, 0.2) is 5.44 Å². The molecule has 1 saturated heterocycles. The van der Waals surface area contributed by atoms with E-state index in [0.29, 0.717) is 0 Å². The molecule has 2 unspecified atom stereocenters. The number of ether oxygens (including phenoxy) is 2. The van der Waals surface area contributed by atoms with E-state index in [1.54, 1.807) is 6.92 Å². The van der Waals surface area contributed by atoms with Crippen LogP contribution in [0.1, 0.15) is 20.8 Å². The maximum absolute atomic E-state index is 11.0. The van der Waals surface area contributed by atoms with Crippen LogP contribution in [-0.4, -0.2) is 51.7 Å². The standard InChI is InChI=1S/C11H18O6S/c1-5-9(14)10(15)8(4-16-6(2)12)18-11(5)17-7(3)13/h5,8-11,14-15H,4H2,1-3H3/t5?,8?,9-,10-,11+/m1/s1. The molecule has 0 spiro atoms. The first kappa shape index (κ1) is 15.3. The molecule has 1 fully saturated rings. The minimum Gasteiger partial charge on any atom is -0.465 e. The second-order valence-electron chi connectivity index (χ2n) is 4.30. The third-order valence-corrected chi connectivity index (χ3v) is 4.30. The van der Waals surface area contributed by atoms with Crippen molar-refractivity contribution in [1.29, 1.82) is 0 Å². The van der Waals surface area contributed by atoms with Crippen LogP contribution in [0, 0.1) is 5.92 Å². The molecule has 1 aliphatic heterocycles. The van der Waals surface area contributed by atoms with E-state index in [9.17, 15) is 19.8 Å². The maximum Gasteiger partial charge on any atom is 0.303 e. The van der Waals surface area contributed by atoms with Gasteiger partial charge in [-0.25, -0.2) is 0 Å². The van der Waals surface area contributed by atoms with Gasteiger partial charge >= 0.3 is 11.9 Å². The first-order chi connectivity index (χ1) is 8.32. The predicted molar refractivity (Wildman–Crippen MR) is 64.7 cm³/mol. The molecule has 18 heavy (non-hydrogen) atoms. The fraction of sp³-hybridized carbons (Fsp3) is 0.818.